The van der Waals surface area contributed by atoms with Crippen molar-refractivity contribution < 1.29 is 18.3 Å². The van der Waals surface area contributed by atoms with Crippen molar-refractivity contribution in [2.75, 3.05) is 20.3 Å². The molecule has 5 nitrogen and oxygen atoms in total. The molecule has 0 amide bonds. The predicted octanol–water partition coefficient (Wildman–Crippen LogP) is 3.21. The second kappa shape index (κ2) is 8.80. The summed E-state index contributed by atoms with van der Waals surface area (Å²) in [6.45, 7) is 4.19. The van der Waals surface area contributed by atoms with E-state index in [1.165, 1.54) is 7.11 Å². The Morgan fingerprint density at radius 1 is 1.24 bits per heavy atom. The third-order valence-electron chi connectivity index (χ3n) is 4.28. The second-order valence-corrected chi connectivity index (χ2v) is 8.71. The van der Waals surface area contributed by atoms with Crippen molar-refractivity contribution in [1.29, 1.82) is 0 Å². The Hall–Kier alpha value is -1.41. The summed E-state index contributed by atoms with van der Waals surface area (Å²) in [5, 5.41) is 11.2. The molecule has 2 aromatic rings. The van der Waals surface area contributed by atoms with Gasteiger partial charge in [0.25, 0.3) is 0 Å². The molecule has 0 radical (unpaired) electrons. The van der Waals surface area contributed by atoms with Crippen LogP contribution >= 0.6 is 11.3 Å². The molecular weight excluding hydrogens is 358 g/mol. The van der Waals surface area contributed by atoms with Gasteiger partial charge >= 0.3 is 0 Å². The fourth-order valence-corrected chi connectivity index (χ4v) is 4.87. The summed E-state index contributed by atoms with van der Waals surface area (Å²) in [6, 6.07) is 7.37. The summed E-state index contributed by atoms with van der Waals surface area (Å²) >= 11 is 1.63. The zero-order chi connectivity index (χ0) is 18.4. The lowest BCUT2D eigenvalue weighted by Crippen LogP contribution is -2.26. The summed E-state index contributed by atoms with van der Waals surface area (Å²) in [5.41, 5.74) is 1.88. The summed E-state index contributed by atoms with van der Waals surface area (Å²) < 4.78 is 33.2. The predicted molar refractivity (Wildman–Crippen MR) is 101 cm³/mol. The first-order valence-electron chi connectivity index (χ1n) is 8.18. The molecule has 0 unspecified atom stereocenters. The normalized spacial score (nSPS) is 13.0. The third kappa shape index (κ3) is 5.04. The zero-order valence-electron chi connectivity index (χ0n) is 14.8. The number of nitrogens with one attached hydrogen (secondary N) is 1. The van der Waals surface area contributed by atoms with E-state index in [0.717, 1.165) is 16.0 Å². The third-order valence-corrected chi connectivity index (χ3v) is 6.79. The van der Waals surface area contributed by atoms with Gasteiger partial charge in [0.2, 0.25) is 10.0 Å². The van der Waals surface area contributed by atoms with Crippen LogP contribution in [0.25, 0.3) is 0 Å². The van der Waals surface area contributed by atoms with Gasteiger partial charge in [-0.15, -0.1) is 11.3 Å². The van der Waals surface area contributed by atoms with E-state index < -0.39 is 10.0 Å². The molecule has 0 saturated heterocycles. The van der Waals surface area contributed by atoms with Crippen LogP contribution in [0.2, 0.25) is 0 Å². The number of sulfonamides is 1. The molecular formula is C18H25NO4S2. The maximum absolute atomic E-state index is 12.7. The van der Waals surface area contributed by atoms with Gasteiger partial charge in [-0.25, -0.2) is 13.1 Å². The lowest BCUT2D eigenvalue weighted by molar-refractivity contribution is 0.273. The number of rotatable bonds is 9. The van der Waals surface area contributed by atoms with Crippen LogP contribution in [0.5, 0.6) is 5.75 Å². The minimum absolute atomic E-state index is 0.0836. The highest BCUT2D eigenvalue weighted by molar-refractivity contribution is 7.89. The van der Waals surface area contributed by atoms with Gasteiger partial charge in [0.1, 0.15) is 10.6 Å². The zero-order valence-corrected chi connectivity index (χ0v) is 16.4. The lowest BCUT2D eigenvalue weighted by Gasteiger charge is -2.16. The van der Waals surface area contributed by atoms with Gasteiger partial charge in [-0.2, -0.15) is 0 Å². The smallest absolute Gasteiger partial charge is 0.244 e. The van der Waals surface area contributed by atoms with Gasteiger partial charge in [0.15, 0.2) is 0 Å². The van der Waals surface area contributed by atoms with Gasteiger partial charge in [-0.05, 0) is 67.3 Å². The molecule has 0 aliphatic heterocycles. The van der Waals surface area contributed by atoms with E-state index in [9.17, 15) is 13.5 Å². The van der Waals surface area contributed by atoms with Crippen molar-refractivity contribution in [2.24, 2.45) is 0 Å². The number of benzene rings is 1. The Labute approximate surface area is 153 Å². The molecule has 1 atom stereocenters. The number of aliphatic hydroxyl groups excluding tert-OH is 1. The van der Waals surface area contributed by atoms with Gasteiger partial charge in [-0.1, -0.05) is 6.07 Å². The van der Waals surface area contributed by atoms with Crippen molar-refractivity contribution in [3.8, 4) is 5.75 Å². The molecule has 0 fully saturated rings. The number of thiophene rings is 1. The van der Waals surface area contributed by atoms with Gasteiger partial charge < -0.3 is 9.84 Å². The fraction of sp³-hybridized carbons (Fsp3) is 0.444. The van der Waals surface area contributed by atoms with Crippen molar-refractivity contribution in [2.45, 2.75) is 37.5 Å². The van der Waals surface area contributed by atoms with E-state index in [4.69, 9.17) is 4.74 Å². The maximum Gasteiger partial charge on any atom is 0.244 e. The molecule has 2 N–H and O–H groups in total. The number of aliphatic hydroxyl groups is 1. The van der Waals surface area contributed by atoms with E-state index in [1.807, 2.05) is 31.4 Å². The van der Waals surface area contributed by atoms with Crippen LogP contribution in [-0.2, 0) is 10.0 Å². The van der Waals surface area contributed by atoms with E-state index in [0.29, 0.717) is 25.1 Å². The van der Waals surface area contributed by atoms with Crippen LogP contribution in [0.1, 0.15) is 34.8 Å². The number of hydrogen-bond acceptors (Lipinski definition) is 5. The highest BCUT2D eigenvalue weighted by Crippen LogP contribution is 2.29. The molecule has 1 aromatic carbocycles. The molecule has 2 rings (SSSR count). The SMILES string of the molecule is COc1cc(C)c(C)cc1S(=O)(=O)NCC[C@@H](CCO)c1cccs1. The molecule has 1 heterocycles. The summed E-state index contributed by atoms with van der Waals surface area (Å²) in [4.78, 5) is 1.32. The van der Waals surface area contributed by atoms with Crippen LogP contribution in [0.15, 0.2) is 34.5 Å². The minimum Gasteiger partial charge on any atom is -0.495 e. The van der Waals surface area contributed by atoms with Gasteiger partial charge in [0, 0.05) is 18.0 Å². The largest absolute Gasteiger partial charge is 0.495 e. The quantitative estimate of drug-likeness (QED) is 0.697. The lowest BCUT2D eigenvalue weighted by atomic mass is 10.0. The van der Waals surface area contributed by atoms with Crippen molar-refractivity contribution in [3.05, 3.63) is 45.6 Å². The molecule has 0 bridgehead atoms. The topological polar surface area (TPSA) is 75.6 Å². The molecule has 0 spiro atoms. The highest BCUT2D eigenvalue weighted by Gasteiger charge is 2.21. The molecule has 7 heteroatoms. The molecule has 0 aliphatic rings. The number of ether oxygens (including phenoxy) is 1. The minimum atomic E-state index is -3.66. The standard InChI is InChI=1S/C18H25NO4S2/c1-13-11-16(23-3)18(12-14(13)2)25(21,22)19-8-6-15(7-9-20)17-5-4-10-24-17/h4-5,10-12,15,19-20H,6-9H2,1-3H3/t15-/m0/s1. The number of hydrogen-bond donors (Lipinski definition) is 2. The number of aryl methyl sites for hydroxylation is 2. The molecule has 0 aliphatic carbocycles. The van der Waals surface area contributed by atoms with Crippen LogP contribution in [0.4, 0.5) is 0 Å². The Balaban J connectivity index is 2.10. The van der Waals surface area contributed by atoms with E-state index in [2.05, 4.69) is 4.72 Å². The molecule has 138 valence electrons. The Morgan fingerprint density at radius 2 is 1.96 bits per heavy atom. The molecule has 0 saturated carbocycles. The average Bonchev–Trinajstić information content (AvgIpc) is 3.10. The first-order chi connectivity index (χ1) is 11.9. The van der Waals surface area contributed by atoms with Crippen molar-refractivity contribution in [1.82, 2.24) is 4.72 Å². The first-order valence-corrected chi connectivity index (χ1v) is 10.5. The van der Waals surface area contributed by atoms with E-state index in [-0.39, 0.29) is 17.4 Å². The Morgan fingerprint density at radius 3 is 2.56 bits per heavy atom. The average molecular weight is 384 g/mol. The molecule has 25 heavy (non-hydrogen) atoms. The van der Waals surface area contributed by atoms with Crippen molar-refractivity contribution in [3.63, 3.8) is 0 Å². The summed E-state index contributed by atoms with van der Waals surface area (Å²) in [7, 11) is -2.19. The van der Waals surface area contributed by atoms with Gasteiger partial charge in [-0.3, -0.25) is 0 Å². The summed E-state index contributed by atoms with van der Waals surface area (Å²) in [5.74, 6) is 0.495. The van der Waals surface area contributed by atoms with Crippen LogP contribution in [0.3, 0.4) is 0 Å². The summed E-state index contributed by atoms with van der Waals surface area (Å²) in [6.07, 6.45) is 1.25. The Bertz CT molecular complexity index is 786. The first kappa shape index (κ1) is 19.9. The van der Waals surface area contributed by atoms with Crippen molar-refractivity contribution >= 4 is 21.4 Å². The molecule has 1 aromatic heterocycles. The maximum atomic E-state index is 12.7. The number of methoxy groups -OCH3 is 1. The highest BCUT2D eigenvalue weighted by atomic mass is 32.2. The van der Waals surface area contributed by atoms with Crippen LogP contribution < -0.4 is 9.46 Å². The van der Waals surface area contributed by atoms with E-state index in [1.54, 1.807) is 23.5 Å². The fourth-order valence-electron chi connectivity index (χ4n) is 2.69. The van der Waals surface area contributed by atoms with Crippen LogP contribution in [-0.4, -0.2) is 33.8 Å². The van der Waals surface area contributed by atoms with E-state index >= 15 is 0 Å². The Kier molecular flexibility index (Phi) is 7.01. The van der Waals surface area contributed by atoms with Crippen LogP contribution in [0, 0.1) is 13.8 Å². The van der Waals surface area contributed by atoms with Gasteiger partial charge in [0.05, 0.1) is 7.11 Å². The second-order valence-electron chi connectivity index (χ2n) is 6.00. The monoisotopic (exact) mass is 383 g/mol.